The van der Waals surface area contributed by atoms with E-state index < -0.39 is 23.5 Å². The van der Waals surface area contributed by atoms with Crippen LogP contribution in [0.4, 0.5) is 8.78 Å². The van der Waals surface area contributed by atoms with Crippen LogP contribution in [0, 0.1) is 0 Å². The van der Waals surface area contributed by atoms with E-state index in [1.807, 2.05) is 0 Å². The average molecular weight is 324 g/mol. The number of hydrogen-bond donors (Lipinski definition) is 0. The molecule has 0 aromatic heterocycles. The number of nitrogens with zero attached hydrogens (tertiary/aromatic N) is 2. The first-order valence-corrected chi connectivity index (χ1v) is 7.53. The van der Waals surface area contributed by atoms with Gasteiger partial charge in [-0.1, -0.05) is 24.8 Å². The second kappa shape index (κ2) is 9.71. The van der Waals surface area contributed by atoms with E-state index in [1.54, 1.807) is 0 Å². The van der Waals surface area contributed by atoms with Gasteiger partial charge in [0.1, 0.15) is 0 Å². The molecule has 1 heterocycles. The van der Waals surface area contributed by atoms with Crippen molar-refractivity contribution in [3.8, 4) is 0 Å². The van der Waals surface area contributed by atoms with Gasteiger partial charge in [-0.25, -0.2) is 8.78 Å². The van der Waals surface area contributed by atoms with Crippen molar-refractivity contribution in [2.45, 2.75) is 19.3 Å². The molecular formula is C17H22F2N2O2. The molecule has 0 bridgehead atoms. The molecule has 0 spiro atoms. The van der Waals surface area contributed by atoms with Gasteiger partial charge in [-0.05, 0) is 25.3 Å². The third-order valence-electron chi connectivity index (χ3n) is 3.42. The molecule has 0 radical (unpaired) electrons. The van der Waals surface area contributed by atoms with Crippen molar-refractivity contribution in [2.24, 2.45) is 0 Å². The van der Waals surface area contributed by atoms with Gasteiger partial charge in [0.25, 0.3) is 11.8 Å². The van der Waals surface area contributed by atoms with Crippen molar-refractivity contribution in [3.63, 3.8) is 0 Å². The molecule has 23 heavy (non-hydrogen) atoms. The third-order valence-corrected chi connectivity index (χ3v) is 3.42. The molecule has 1 aliphatic heterocycles. The van der Waals surface area contributed by atoms with Gasteiger partial charge in [-0.15, -0.1) is 6.58 Å². The highest BCUT2D eigenvalue weighted by Gasteiger charge is 2.19. The minimum Gasteiger partial charge on any atom is -0.337 e. The smallest absolute Gasteiger partial charge is 0.282 e. The van der Waals surface area contributed by atoms with Crippen LogP contribution in [0.1, 0.15) is 19.3 Å². The van der Waals surface area contributed by atoms with Crippen molar-refractivity contribution >= 4 is 11.8 Å². The highest BCUT2D eigenvalue weighted by molar-refractivity contribution is 5.91. The van der Waals surface area contributed by atoms with Gasteiger partial charge in [0.2, 0.25) is 0 Å². The summed E-state index contributed by atoms with van der Waals surface area (Å²) in [5.74, 6) is -3.38. The Labute approximate surface area is 135 Å². The van der Waals surface area contributed by atoms with E-state index in [0.29, 0.717) is 13.1 Å². The van der Waals surface area contributed by atoms with Crippen LogP contribution in [0.15, 0.2) is 49.1 Å². The van der Waals surface area contributed by atoms with Crippen molar-refractivity contribution in [1.29, 1.82) is 0 Å². The van der Waals surface area contributed by atoms with E-state index in [-0.39, 0.29) is 13.1 Å². The third kappa shape index (κ3) is 6.18. The topological polar surface area (TPSA) is 40.6 Å². The Morgan fingerprint density at radius 2 is 1.78 bits per heavy atom. The molecule has 0 aliphatic carbocycles. The maximum absolute atomic E-state index is 13.8. The number of carbonyl (C=O) groups excluding carboxylic acids is 2. The zero-order valence-corrected chi connectivity index (χ0v) is 13.1. The minimum atomic E-state index is -1.07. The molecule has 0 unspecified atom stereocenters. The summed E-state index contributed by atoms with van der Waals surface area (Å²) in [6.07, 6.45) is 8.14. The normalized spacial score (nSPS) is 15.6. The molecule has 0 N–H and O–H groups in total. The molecule has 1 rings (SSSR count). The van der Waals surface area contributed by atoms with Crippen LogP contribution in [0.5, 0.6) is 0 Å². The number of carbonyl (C=O) groups is 2. The van der Waals surface area contributed by atoms with Crippen molar-refractivity contribution in [2.75, 3.05) is 26.2 Å². The molecule has 126 valence electrons. The molecule has 0 atom stereocenters. The fourth-order valence-corrected chi connectivity index (χ4v) is 2.23. The van der Waals surface area contributed by atoms with Gasteiger partial charge < -0.3 is 9.80 Å². The average Bonchev–Trinajstić information content (AvgIpc) is 2.56. The first-order valence-electron chi connectivity index (χ1n) is 7.53. The van der Waals surface area contributed by atoms with Crippen molar-refractivity contribution in [3.05, 3.63) is 49.1 Å². The molecule has 0 saturated carbocycles. The van der Waals surface area contributed by atoms with Gasteiger partial charge >= 0.3 is 0 Å². The summed E-state index contributed by atoms with van der Waals surface area (Å²) in [6, 6.07) is 0. The van der Waals surface area contributed by atoms with Gasteiger partial charge in [-0.3, -0.25) is 9.59 Å². The van der Waals surface area contributed by atoms with Crippen LogP contribution in [0.25, 0.3) is 0 Å². The van der Waals surface area contributed by atoms with Gasteiger partial charge in [0.15, 0.2) is 11.7 Å². The van der Waals surface area contributed by atoms with Crippen LogP contribution in [0.3, 0.4) is 0 Å². The fourth-order valence-electron chi connectivity index (χ4n) is 2.23. The molecule has 4 nitrogen and oxygen atoms in total. The number of allylic oxidation sites excluding steroid dienone is 2. The summed E-state index contributed by atoms with van der Waals surface area (Å²) in [6.45, 7) is 7.79. The summed E-state index contributed by atoms with van der Waals surface area (Å²) in [5, 5.41) is 0. The number of hydrogen-bond acceptors (Lipinski definition) is 2. The standard InChI is InChI=1S/C17H22F2N2O2/c1-3-10-20(16(22)14(2)18)13-8-5-9-15(19)17(23)21-11-6-4-7-12-21/h3,5,8-9H,1-2,4,6-7,10-13H2/b8-5+,15-9-. The number of likely N-dealkylation sites (tertiary alicyclic amines) is 1. The van der Waals surface area contributed by atoms with Gasteiger partial charge in [0.05, 0.1) is 0 Å². The number of amides is 2. The Bertz CT molecular complexity index is 521. The van der Waals surface area contributed by atoms with Crippen LogP contribution in [0.2, 0.25) is 0 Å². The highest BCUT2D eigenvalue weighted by Crippen LogP contribution is 2.13. The summed E-state index contributed by atoms with van der Waals surface area (Å²) < 4.78 is 26.6. The molecule has 2 amide bonds. The molecule has 1 aliphatic rings. The van der Waals surface area contributed by atoms with E-state index >= 15 is 0 Å². The van der Waals surface area contributed by atoms with Crippen LogP contribution in [-0.2, 0) is 9.59 Å². The van der Waals surface area contributed by atoms with E-state index in [2.05, 4.69) is 13.2 Å². The van der Waals surface area contributed by atoms with Gasteiger partial charge in [-0.2, -0.15) is 0 Å². The SMILES string of the molecule is C=CCN(C/C=C/C=C(\F)C(=O)N1CCCCC1)C(=O)C(=C)F. The summed E-state index contributed by atoms with van der Waals surface area (Å²) in [5.41, 5.74) is 0. The Hall–Kier alpha value is -2.24. The Morgan fingerprint density at radius 3 is 2.35 bits per heavy atom. The van der Waals surface area contributed by atoms with E-state index in [0.717, 1.165) is 30.2 Å². The Kier molecular flexibility index (Phi) is 7.94. The van der Waals surface area contributed by atoms with Crippen LogP contribution < -0.4 is 0 Å². The van der Waals surface area contributed by atoms with Crippen LogP contribution >= 0.6 is 0 Å². The first kappa shape index (κ1) is 18.8. The predicted molar refractivity (Wildman–Crippen MR) is 85.8 cm³/mol. The highest BCUT2D eigenvalue weighted by atomic mass is 19.1. The quantitative estimate of drug-likeness (QED) is 0.410. The predicted octanol–water partition coefficient (Wildman–Crippen LogP) is 2.91. The van der Waals surface area contributed by atoms with Gasteiger partial charge in [0, 0.05) is 26.2 Å². The number of rotatable bonds is 7. The fraction of sp³-hybridized carbons (Fsp3) is 0.412. The zero-order valence-electron chi connectivity index (χ0n) is 13.1. The maximum atomic E-state index is 13.8. The monoisotopic (exact) mass is 324 g/mol. The Balaban J connectivity index is 2.57. The minimum absolute atomic E-state index is 0.0650. The van der Waals surface area contributed by atoms with Crippen LogP contribution in [-0.4, -0.2) is 47.8 Å². The molecular weight excluding hydrogens is 302 g/mol. The zero-order chi connectivity index (χ0) is 17.2. The van der Waals surface area contributed by atoms with Crippen molar-refractivity contribution < 1.29 is 18.4 Å². The van der Waals surface area contributed by atoms with E-state index in [9.17, 15) is 18.4 Å². The molecule has 1 saturated heterocycles. The molecule has 6 heteroatoms. The molecule has 0 aromatic rings. The molecule has 1 fully saturated rings. The molecule has 0 aromatic carbocycles. The Morgan fingerprint density at radius 1 is 1.13 bits per heavy atom. The number of piperidine rings is 1. The lowest BCUT2D eigenvalue weighted by molar-refractivity contribution is -0.129. The largest absolute Gasteiger partial charge is 0.337 e. The summed E-state index contributed by atoms with van der Waals surface area (Å²) >= 11 is 0. The summed E-state index contributed by atoms with van der Waals surface area (Å²) in [7, 11) is 0. The lowest BCUT2D eigenvalue weighted by atomic mass is 10.1. The second-order valence-corrected chi connectivity index (χ2v) is 5.20. The second-order valence-electron chi connectivity index (χ2n) is 5.20. The first-order chi connectivity index (χ1) is 11.0. The maximum Gasteiger partial charge on any atom is 0.282 e. The number of halogens is 2. The van der Waals surface area contributed by atoms with Crippen molar-refractivity contribution in [1.82, 2.24) is 9.80 Å². The lowest BCUT2D eigenvalue weighted by Crippen LogP contribution is -2.35. The lowest BCUT2D eigenvalue weighted by Gasteiger charge is -2.25. The van der Waals surface area contributed by atoms with E-state index in [4.69, 9.17) is 0 Å². The summed E-state index contributed by atoms with van der Waals surface area (Å²) in [4.78, 5) is 26.0. The van der Waals surface area contributed by atoms with E-state index in [1.165, 1.54) is 23.1 Å².